The molecule has 3 heteroatoms. The van der Waals surface area contributed by atoms with Crippen molar-refractivity contribution in [2.24, 2.45) is 5.41 Å². The molecule has 1 N–H and O–H groups in total. The van der Waals surface area contributed by atoms with Gasteiger partial charge < -0.3 is 5.11 Å². The van der Waals surface area contributed by atoms with E-state index in [1.807, 2.05) is 0 Å². The van der Waals surface area contributed by atoms with Gasteiger partial charge in [0.05, 0.1) is 0 Å². The first kappa shape index (κ1) is 15.7. The van der Waals surface area contributed by atoms with E-state index >= 15 is 0 Å². The largest absolute Gasteiger partial charge is 0.481 e. The Hall–Kier alpha value is 0.269. The topological polar surface area (TPSA) is 37.3 Å². The van der Waals surface area contributed by atoms with Crippen molar-refractivity contribution in [2.45, 2.75) is 52.9 Å². The number of rotatable bonds is 5. The number of hydrogen-bond donors (Lipinski definition) is 1. The first-order chi connectivity index (χ1) is 5.42. The molecule has 0 rings (SSSR count). The fraction of sp³-hybridized carbons (Fsp3) is 0.900. The first-order valence-corrected chi connectivity index (χ1v) is 4.63. The molecule has 0 saturated carbocycles. The number of carboxylic acids is 1. The van der Waals surface area contributed by atoms with E-state index in [1.54, 1.807) is 0 Å². The van der Waals surface area contributed by atoms with Gasteiger partial charge in [-0.3, -0.25) is 4.79 Å². The van der Waals surface area contributed by atoms with Crippen LogP contribution in [0.3, 0.4) is 0 Å². The molecule has 0 saturated heterocycles. The molecule has 0 unspecified atom stereocenters. The van der Waals surface area contributed by atoms with Gasteiger partial charge in [0.2, 0.25) is 0 Å². The SMILES string of the molecule is CC(C)(C)CCCCCC(=O)O.[Sn]. The minimum absolute atomic E-state index is 0. The molecule has 0 bridgehead atoms. The molecular formula is C10H20O2Sn. The number of unbranched alkanes of at least 4 members (excludes halogenated alkanes) is 2. The Kier molecular flexibility index (Phi) is 9.26. The molecule has 0 aromatic rings. The van der Waals surface area contributed by atoms with Gasteiger partial charge in [-0.2, -0.15) is 0 Å². The number of carboxylic acid groups (broad SMARTS) is 1. The van der Waals surface area contributed by atoms with Crippen molar-refractivity contribution in [2.75, 3.05) is 0 Å². The summed E-state index contributed by atoms with van der Waals surface area (Å²) >= 11 is 0. The van der Waals surface area contributed by atoms with Gasteiger partial charge in [-0.05, 0) is 18.3 Å². The number of aliphatic carboxylic acids is 1. The van der Waals surface area contributed by atoms with Gasteiger partial charge >= 0.3 is 5.97 Å². The van der Waals surface area contributed by atoms with Crippen LogP contribution in [0.1, 0.15) is 52.9 Å². The molecule has 0 heterocycles. The molecule has 2 nitrogen and oxygen atoms in total. The number of hydrogen-bond acceptors (Lipinski definition) is 1. The van der Waals surface area contributed by atoms with E-state index in [-0.39, 0.29) is 23.9 Å². The summed E-state index contributed by atoms with van der Waals surface area (Å²) in [4.78, 5) is 10.2. The fourth-order valence-corrected chi connectivity index (χ4v) is 1.11. The van der Waals surface area contributed by atoms with Crippen molar-refractivity contribution >= 4 is 29.9 Å². The minimum atomic E-state index is -0.675. The zero-order valence-electron chi connectivity index (χ0n) is 8.89. The van der Waals surface area contributed by atoms with Crippen molar-refractivity contribution in [3.05, 3.63) is 0 Å². The summed E-state index contributed by atoms with van der Waals surface area (Å²) in [7, 11) is 0. The maximum absolute atomic E-state index is 10.2. The summed E-state index contributed by atoms with van der Waals surface area (Å²) < 4.78 is 0. The van der Waals surface area contributed by atoms with Crippen molar-refractivity contribution in [3.8, 4) is 0 Å². The average molecular weight is 291 g/mol. The van der Waals surface area contributed by atoms with E-state index < -0.39 is 5.97 Å². The zero-order chi connectivity index (χ0) is 9.61. The van der Waals surface area contributed by atoms with Crippen LogP contribution in [0, 0.1) is 5.41 Å². The van der Waals surface area contributed by atoms with Gasteiger partial charge in [-0.1, -0.05) is 33.6 Å². The molecule has 0 aromatic heterocycles. The summed E-state index contributed by atoms with van der Waals surface area (Å²) in [5.41, 5.74) is 0.392. The first-order valence-electron chi connectivity index (χ1n) is 4.63. The van der Waals surface area contributed by atoms with Crippen LogP contribution in [0.25, 0.3) is 0 Å². The third-order valence-corrected chi connectivity index (χ3v) is 1.82. The zero-order valence-corrected chi connectivity index (χ0v) is 11.7. The van der Waals surface area contributed by atoms with Crippen molar-refractivity contribution in [3.63, 3.8) is 0 Å². The fourth-order valence-electron chi connectivity index (χ4n) is 1.11. The summed E-state index contributed by atoms with van der Waals surface area (Å²) in [5, 5.41) is 8.37. The van der Waals surface area contributed by atoms with Crippen molar-refractivity contribution in [1.82, 2.24) is 0 Å². The molecule has 0 amide bonds. The third kappa shape index (κ3) is 15.1. The summed E-state index contributed by atoms with van der Waals surface area (Å²) in [6.07, 6.45) is 4.53. The summed E-state index contributed by atoms with van der Waals surface area (Å²) in [6, 6.07) is 0. The second-order valence-corrected chi connectivity index (χ2v) is 4.52. The monoisotopic (exact) mass is 292 g/mol. The third-order valence-electron chi connectivity index (χ3n) is 1.82. The predicted molar refractivity (Wildman–Crippen MR) is 55.9 cm³/mol. The maximum atomic E-state index is 10.2. The second kappa shape index (κ2) is 7.65. The Morgan fingerprint density at radius 2 is 1.69 bits per heavy atom. The van der Waals surface area contributed by atoms with Crippen molar-refractivity contribution in [1.29, 1.82) is 0 Å². The quantitative estimate of drug-likeness (QED) is 0.624. The Morgan fingerprint density at radius 3 is 2.08 bits per heavy atom. The molecule has 0 fully saturated rings. The Bertz CT molecular complexity index is 138. The van der Waals surface area contributed by atoms with E-state index in [0.717, 1.165) is 19.3 Å². The standard InChI is InChI=1S/C10H20O2.Sn/c1-10(2,3)8-6-4-5-7-9(11)12;/h4-8H2,1-3H3,(H,11,12);. The van der Waals surface area contributed by atoms with Gasteiger partial charge in [0.1, 0.15) is 0 Å². The molecule has 0 spiro atoms. The molecule has 0 atom stereocenters. The van der Waals surface area contributed by atoms with Gasteiger partial charge in [0, 0.05) is 30.3 Å². The van der Waals surface area contributed by atoms with E-state index in [4.69, 9.17) is 5.11 Å². The Balaban J connectivity index is 0. The molecule has 0 aliphatic carbocycles. The van der Waals surface area contributed by atoms with Crippen molar-refractivity contribution < 1.29 is 9.90 Å². The smallest absolute Gasteiger partial charge is 0.303 e. The Labute approximate surface area is 98.1 Å². The second-order valence-electron chi connectivity index (χ2n) is 4.52. The van der Waals surface area contributed by atoms with E-state index in [0.29, 0.717) is 11.8 Å². The molecule has 0 aliphatic heterocycles. The van der Waals surface area contributed by atoms with Crippen LogP contribution in [0.4, 0.5) is 0 Å². The average Bonchev–Trinajstić information content (AvgIpc) is 1.83. The van der Waals surface area contributed by atoms with Crippen LogP contribution in [-0.4, -0.2) is 35.0 Å². The Morgan fingerprint density at radius 1 is 1.15 bits per heavy atom. The van der Waals surface area contributed by atoms with E-state index in [2.05, 4.69) is 20.8 Å². The van der Waals surface area contributed by atoms with E-state index in [9.17, 15) is 4.79 Å². The van der Waals surface area contributed by atoms with Crippen LogP contribution >= 0.6 is 0 Å². The van der Waals surface area contributed by atoms with Crippen LogP contribution < -0.4 is 0 Å². The van der Waals surface area contributed by atoms with Gasteiger partial charge in [-0.15, -0.1) is 0 Å². The van der Waals surface area contributed by atoms with Gasteiger partial charge in [0.15, 0.2) is 0 Å². The van der Waals surface area contributed by atoms with Gasteiger partial charge in [-0.25, -0.2) is 0 Å². The summed E-state index contributed by atoms with van der Waals surface area (Å²) in [5.74, 6) is -0.675. The van der Waals surface area contributed by atoms with Crippen LogP contribution in [0.5, 0.6) is 0 Å². The maximum Gasteiger partial charge on any atom is 0.303 e. The van der Waals surface area contributed by atoms with Gasteiger partial charge in [0.25, 0.3) is 0 Å². The van der Waals surface area contributed by atoms with E-state index in [1.165, 1.54) is 6.42 Å². The van der Waals surface area contributed by atoms with Crippen LogP contribution in [0.2, 0.25) is 0 Å². The molecule has 76 valence electrons. The normalized spacial score (nSPS) is 10.7. The van der Waals surface area contributed by atoms with Crippen LogP contribution in [0.15, 0.2) is 0 Å². The molecule has 13 heavy (non-hydrogen) atoms. The predicted octanol–water partition coefficient (Wildman–Crippen LogP) is 2.69. The molecule has 0 aliphatic rings. The summed E-state index contributed by atoms with van der Waals surface area (Å²) in [6.45, 7) is 6.64. The molecule has 0 aromatic carbocycles. The molecular weight excluding hydrogens is 271 g/mol. The number of carbonyl (C=O) groups is 1. The minimum Gasteiger partial charge on any atom is -0.481 e. The van der Waals surface area contributed by atoms with Crippen LogP contribution in [-0.2, 0) is 4.79 Å². The molecule has 4 radical (unpaired) electrons.